The highest BCUT2D eigenvalue weighted by atomic mass is 16.6. The third-order valence-electron chi connectivity index (χ3n) is 4.32. The first-order chi connectivity index (χ1) is 10.8. The molecule has 2 fully saturated rings. The molecule has 0 aromatic rings. The van der Waals surface area contributed by atoms with Crippen LogP contribution in [0.4, 0.5) is 0 Å². The molecule has 0 aromatic heterocycles. The number of hydrogen-bond donors (Lipinski definition) is 2. The van der Waals surface area contributed by atoms with E-state index in [0.717, 1.165) is 19.4 Å². The first kappa shape index (κ1) is 17.9. The number of hydrogen-bond acceptors (Lipinski definition) is 4. The second-order valence-corrected chi connectivity index (χ2v) is 7.05. The van der Waals surface area contributed by atoms with Crippen LogP contribution < -0.4 is 10.6 Å². The average molecular weight is 324 g/mol. The molecule has 1 spiro atoms. The minimum Gasteiger partial charge on any atom is -0.370 e. The maximum atomic E-state index is 12.3. The van der Waals surface area contributed by atoms with Crippen LogP contribution in [0.5, 0.6) is 0 Å². The van der Waals surface area contributed by atoms with Crippen LogP contribution in [0.25, 0.3) is 0 Å². The van der Waals surface area contributed by atoms with E-state index < -0.39 is 5.54 Å². The topological polar surface area (TPSA) is 80.0 Å². The van der Waals surface area contributed by atoms with Gasteiger partial charge in [0.1, 0.15) is 5.54 Å². The molecule has 0 bridgehead atoms. The Labute approximate surface area is 138 Å². The summed E-state index contributed by atoms with van der Waals surface area (Å²) in [6.07, 6.45) is 4.08. The van der Waals surface area contributed by atoms with E-state index in [4.69, 9.17) is 9.47 Å². The van der Waals surface area contributed by atoms with E-state index in [-0.39, 0.29) is 36.0 Å². The van der Waals surface area contributed by atoms with E-state index in [0.29, 0.717) is 13.0 Å². The summed E-state index contributed by atoms with van der Waals surface area (Å²) in [5.74, 6) is -0.365. The number of epoxide rings is 1. The zero-order chi connectivity index (χ0) is 17.1. The highest BCUT2D eigenvalue weighted by Crippen LogP contribution is 2.42. The molecule has 23 heavy (non-hydrogen) atoms. The van der Waals surface area contributed by atoms with Crippen molar-refractivity contribution < 1.29 is 19.1 Å². The number of rotatable bonds is 7. The van der Waals surface area contributed by atoms with E-state index in [2.05, 4.69) is 17.2 Å². The number of carbonyl (C=O) groups excluding carboxylic acids is 2. The summed E-state index contributed by atoms with van der Waals surface area (Å²) in [4.78, 5) is 24.4. The predicted octanol–water partition coefficient (Wildman–Crippen LogP) is 1.30. The van der Waals surface area contributed by atoms with Gasteiger partial charge in [0.25, 0.3) is 0 Å². The lowest BCUT2D eigenvalue weighted by atomic mass is 9.90. The summed E-state index contributed by atoms with van der Waals surface area (Å²) < 4.78 is 11.4. The van der Waals surface area contributed by atoms with Gasteiger partial charge < -0.3 is 20.1 Å². The second-order valence-electron chi connectivity index (χ2n) is 7.05. The summed E-state index contributed by atoms with van der Waals surface area (Å²) in [7, 11) is 0. The van der Waals surface area contributed by atoms with Crippen LogP contribution in [0.3, 0.4) is 0 Å². The van der Waals surface area contributed by atoms with E-state index in [9.17, 15) is 9.59 Å². The van der Waals surface area contributed by atoms with Crippen LogP contribution in [-0.4, -0.2) is 48.3 Å². The number of ether oxygens (including phenoxy) is 2. The number of carbonyl (C=O) groups is 2. The fraction of sp³-hybridized carbons (Fsp3) is 0.765. The quantitative estimate of drug-likeness (QED) is 0.546. The van der Waals surface area contributed by atoms with Crippen molar-refractivity contribution in [3.05, 3.63) is 12.7 Å². The zero-order valence-corrected chi connectivity index (χ0v) is 14.3. The third kappa shape index (κ3) is 4.78. The normalized spacial score (nSPS) is 29.9. The molecule has 6 nitrogen and oxygen atoms in total. The molecule has 0 unspecified atom stereocenters. The Bertz CT molecular complexity index is 471. The molecule has 2 saturated heterocycles. The molecule has 3 atom stereocenters. The molecule has 0 aromatic carbocycles. The van der Waals surface area contributed by atoms with E-state index in [1.165, 1.54) is 0 Å². The van der Waals surface area contributed by atoms with Crippen LogP contribution in [-0.2, 0) is 19.1 Å². The fourth-order valence-electron chi connectivity index (χ4n) is 2.93. The third-order valence-corrected chi connectivity index (χ3v) is 4.32. The van der Waals surface area contributed by atoms with Gasteiger partial charge in [-0.2, -0.15) is 0 Å². The second kappa shape index (κ2) is 7.01. The molecule has 2 amide bonds. The van der Waals surface area contributed by atoms with Crippen LogP contribution in [0.2, 0.25) is 0 Å². The van der Waals surface area contributed by atoms with Crippen molar-refractivity contribution in [2.45, 2.75) is 69.8 Å². The smallest absolute Gasteiger partial charge is 0.245 e. The maximum Gasteiger partial charge on any atom is 0.245 e. The van der Waals surface area contributed by atoms with Crippen molar-refractivity contribution in [3.8, 4) is 0 Å². The summed E-state index contributed by atoms with van der Waals surface area (Å²) in [6.45, 7) is 10.5. The molecule has 2 aliphatic rings. The number of nitrogens with one attached hydrogen (secondary N) is 2. The maximum absolute atomic E-state index is 12.3. The predicted molar refractivity (Wildman–Crippen MR) is 86.9 cm³/mol. The van der Waals surface area contributed by atoms with E-state index in [1.807, 2.05) is 6.92 Å². The lowest BCUT2D eigenvalue weighted by Gasteiger charge is -2.33. The van der Waals surface area contributed by atoms with Gasteiger partial charge in [-0.1, -0.05) is 13.0 Å². The minimum atomic E-state index is -0.938. The first-order valence-electron chi connectivity index (χ1n) is 8.31. The molecule has 2 aliphatic heterocycles. The largest absolute Gasteiger partial charge is 0.370 e. The fourth-order valence-corrected chi connectivity index (χ4v) is 2.93. The molecule has 2 N–H and O–H groups in total. The highest BCUT2D eigenvalue weighted by molar-refractivity contribution is 5.90. The Morgan fingerprint density at radius 2 is 2.09 bits per heavy atom. The molecular formula is C17H28N2O4. The molecule has 0 saturated carbocycles. The Morgan fingerprint density at radius 3 is 2.65 bits per heavy atom. The summed E-state index contributed by atoms with van der Waals surface area (Å²) >= 11 is 0. The standard InChI is InChI=1S/C17H28N2O4/c1-5-7-18-15(21)16(3,4)19-14(20)8-13-10-17(11-22-17)9-12(6-2)23-13/h6,12-13H,2,5,7-11H2,1,3-4H3,(H,18,21)(H,19,20)/t12-,13-,17-/m1/s1. The van der Waals surface area contributed by atoms with Gasteiger partial charge in [0.2, 0.25) is 11.8 Å². The van der Waals surface area contributed by atoms with Gasteiger partial charge >= 0.3 is 0 Å². The van der Waals surface area contributed by atoms with Gasteiger partial charge in [-0.3, -0.25) is 9.59 Å². The Hall–Kier alpha value is -1.40. The summed E-state index contributed by atoms with van der Waals surface area (Å²) in [5.41, 5.74) is -1.07. The molecule has 0 aliphatic carbocycles. The Kier molecular flexibility index (Phi) is 5.47. The zero-order valence-electron chi connectivity index (χ0n) is 14.3. The molecule has 6 heteroatoms. The van der Waals surface area contributed by atoms with Gasteiger partial charge in [0.15, 0.2) is 0 Å². The van der Waals surface area contributed by atoms with Crippen LogP contribution in [0.1, 0.15) is 46.5 Å². The Balaban J connectivity index is 1.86. The van der Waals surface area contributed by atoms with Crippen LogP contribution in [0.15, 0.2) is 12.7 Å². The highest BCUT2D eigenvalue weighted by Gasteiger charge is 2.51. The van der Waals surface area contributed by atoms with Gasteiger partial charge in [0, 0.05) is 19.4 Å². The van der Waals surface area contributed by atoms with Crippen molar-refractivity contribution >= 4 is 11.8 Å². The molecule has 130 valence electrons. The summed E-state index contributed by atoms with van der Waals surface area (Å²) in [5, 5.41) is 5.60. The van der Waals surface area contributed by atoms with Crippen LogP contribution >= 0.6 is 0 Å². The van der Waals surface area contributed by atoms with Crippen molar-refractivity contribution in [3.63, 3.8) is 0 Å². The minimum absolute atomic E-state index is 0.0788. The van der Waals surface area contributed by atoms with Crippen molar-refractivity contribution in [2.24, 2.45) is 0 Å². The molecular weight excluding hydrogens is 296 g/mol. The van der Waals surface area contributed by atoms with Gasteiger partial charge in [-0.25, -0.2) is 0 Å². The lowest BCUT2D eigenvalue weighted by molar-refractivity contribution is -0.135. The van der Waals surface area contributed by atoms with E-state index >= 15 is 0 Å². The summed E-state index contributed by atoms with van der Waals surface area (Å²) in [6, 6.07) is 0. The van der Waals surface area contributed by atoms with Gasteiger partial charge in [0.05, 0.1) is 30.8 Å². The lowest BCUT2D eigenvalue weighted by Crippen LogP contribution is -2.55. The van der Waals surface area contributed by atoms with Crippen LogP contribution in [0, 0.1) is 0 Å². The van der Waals surface area contributed by atoms with Gasteiger partial charge in [-0.15, -0.1) is 6.58 Å². The van der Waals surface area contributed by atoms with Crippen molar-refractivity contribution in [1.82, 2.24) is 10.6 Å². The van der Waals surface area contributed by atoms with Crippen molar-refractivity contribution in [1.29, 1.82) is 0 Å². The van der Waals surface area contributed by atoms with E-state index in [1.54, 1.807) is 19.9 Å². The number of amides is 2. The first-order valence-corrected chi connectivity index (χ1v) is 8.31. The van der Waals surface area contributed by atoms with Gasteiger partial charge in [-0.05, 0) is 20.3 Å². The monoisotopic (exact) mass is 324 g/mol. The van der Waals surface area contributed by atoms with Crippen molar-refractivity contribution in [2.75, 3.05) is 13.2 Å². The Morgan fingerprint density at radius 1 is 1.39 bits per heavy atom. The average Bonchev–Trinajstić information content (AvgIpc) is 3.21. The SMILES string of the molecule is C=C[C@@H]1C[C@]2(CO2)C[C@@H](CC(=O)NC(C)(C)C(=O)NCCC)O1. The molecule has 2 rings (SSSR count). The molecule has 2 heterocycles. The molecule has 0 radical (unpaired) electrons.